The zero-order valence-corrected chi connectivity index (χ0v) is 18.4. The number of carbonyl (C=O) groups is 1. The van der Waals surface area contributed by atoms with E-state index in [4.69, 9.17) is 9.47 Å². The molecular weight excluding hydrogens is 406 g/mol. The molecule has 1 N–H and O–H groups in total. The highest BCUT2D eigenvalue weighted by molar-refractivity contribution is 5.78. The second-order valence-electron chi connectivity index (χ2n) is 8.77. The van der Waals surface area contributed by atoms with Gasteiger partial charge in [-0.3, -0.25) is 9.69 Å². The highest BCUT2D eigenvalue weighted by Crippen LogP contribution is 2.37. The molecule has 32 heavy (non-hydrogen) atoms. The molecule has 3 aliphatic rings. The Morgan fingerprint density at radius 3 is 2.44 bits per heavy atom. The number of phenolic OH excluding ortho intramolecular Hbond substituents is 1. The van der Waals surface area contributed by atoms with E-state index < -0.39 is 0 Å². The van der Waals surface area contributed by atoms with E-state index in [1.807, 2.05) is 23.1 Å². The average molecular weight is 438 g/mol. The van der Waals surface area contributed by atoms with Crippen molar-refractivity contribution in [3.8, 4) is 17.2 Å². The largest absolute Gasteiger partial charge is 0.508 e. The van der Waals surface area contributed by atoms with Crippen LogP contribution in [0.5, 0.6) is 17.2 Å². The van der Waals surface area contributed by atoms with Gasteiger partial charge >= 0.3 is 0 Å². The number of carbonyl (C=O) groups excluding carboxylic acids is 1. The van der Waals surface area contributed by atoms with Gasteiger partial charge in [-0.15, -0.1) is 0 Å². The third kappa shape index (κ3) is 4.48. The molecule has 0 saturated carbocycles. The SMILES string of the molecule is O=C(CN1CCC[C@H]1c1ccc2c(c1)OCCCO2)N1CCN(c2ccc(O)cc2)CC1. The zero-order chi connectivity index (χ0) is 21.9. The highest BCUT2D eigenvalue weighted by Gasteiger charge is 2.31. The van der Waals surface area contributed by atoms with Gasteiger partial charge in [-0.2, -0.15) is 0 Å². The maximum Gasteiger partial charge on any atom is 0.236 e. The summed E-state index contributed by atoms with van der Waals surface area (Å²) in [7, 11) is 0. The second kappa shape index (κ2) is 9.28. The Hall–Kier alpha value is -2.93. The van der Waals surface area contributed by atoms with Gasteiger partial charge in [0.25, 0.3) is 0 Å². The van der Waals surface area contributed by atoms with E-state index >= 15 is 0 Å². The van der Waals surface area contributed by atoms with Gasteiger partial charge in [-0.1, -0.05) is 6.07 Å². The maximum atomic E-state index is 13.1. The lowest BCUT2D eigenvalue weighted by Gasteiger charge is -2.37. The van der Waals surface area contributed by atoms with Crippen molar-refractivity contribution in [2.75, 3.05) is 57.4 Å². The number of aromatic hydroxyl groups is 1. The summed E-state index contributed by atoms with van der Waals surface area (Å²) in [5.41, 5.74) is 2.29. The maximum absolute atomic E-state index is 13.1. The number of benzene rings is 2. The molecule has 2 aromatic rings. The molecule has 1 atom stereocenters. The highest BCUT2D eigenvalue weighted by atomic mass is 16.5. The molecule has 2 aromatic carbocycles. The molecule has 0 bridgehead atoms. The standard InChI is InChI=1S/C25H31N3O4/c29-21-7-5-20(6-8-21)26-11-13-27(14-12-26)25(30)18-28-10-1-3-22(28)19-4-9-23-24(17-19)32-16-2-15-31-23/h4-9,17,22,29H,1-3,10-16,18H2/t22-/m0/s1. The van der Waals surface area contributed by atoms with E-state index in [0.29, 0.717) is 19.8 Å². The molecule has 2 saturated heterocycles. The first kappa shape index (κ1) is 20.9. The van der Waals surface area contributed by atoms with Gasteiger partial charge in [0.2, 0.25) is 5.91 Å². The van der Waals surface area contributed by atoms with Gasteiger partial charge in [-0.05, 0) is 61.3 Å². The summed E-state index contributed by atoms with van der Waals surface area (Å²) in [6.07, 6.45) is 3.05. The lowest BCUT2D eigenvalue weighted by atomic mass is 10.0. The van der Waals surface area contributed by atoms with Crippen LogP contribution >= 0.6 is 0 Å². The normalized spacial score (nSPS) is 21.4. The summed E-state index contributed by atoms with van der Waals surface area (Å²) < 4.78 is 11.6. The molecule has 7 nitrogen and oxygen atoms in total. The van der Waals surface area contributed by atoms with Gasteiger partial charge in [0.15, 0.2) is 11.5 Å². The summed E-state index contributed by atoms with van der Waals surface area (Å²) in [5, 5.41) is 9.49. The lowest BCUT2D eigenvalue weighted by Crippen LogP contribution is -2.51. The zero-order valence-electron chi connectivity index (χ0n) is 18.4. The van der Waals surface area contributed by atoms with Crippen LogP contribution in [-0.2, 0) is 4.79 Å². The van der Waals surface area contributed by atoms with E-state index in [-0.39, 0.29) is 17.7 Å². The second-order valence-corrected chi connectivity index (χ2v) is 8.77. The first-order chi connectivity index (χ1) is 15.7. The first-order valence-electron chi connectivity index (χ1n) is 11.6. The molecule has 7 heteroatoms. The monoisotopic (exact) mass is 437 g/mol. The van der Waals surface area contributed by atoms with Crippen molar-refractivity contribution in [1.29, 1.82) is 0 Å². The molecule has 0 aromatic heterocycles. The quantitative estimate of drug-likeness (QED) is 0.793. The molecule has 1 amide bonds. The number of nitrogens with zero attached hydrogens (tertiary/aromatic N) is 3. The van der Waals surface area contributed by atoms with Crippen molar-refractivity contribution in [3.05, 3.63) is 48.0 Å². The summed E-state index contributed by atoms with van der Waals surface area (Å²) in [6.45, 7) is 5.83. The van der Waals surface area contributed by atoms with Gasteiger partial charge in [0.1, 0.15) is 5.75 Å². The molecule has 0 unspecified atom stereocenters. The Bertz CT molecular complexity index is 941. The first-order valence-corrected chi connectivity index (χ1v) is 11.6. The topological polar surface area (TPSA) is 65.5 Å². The summed E-state index contributed by atoms with van der Waals surface area (Å²) in [6, 6.07) is 13.8. The van der Waals surface area contributed by atoms with Crippen LogP contribution in [0.3, 0.4) is 0 Å². The summed E-state index contributed by atoms with van der Waals surface area (Å²) in [5.74, 6) is 2.12. The molecule has 3 heterocycles. The number of hydrogen-bond acceptors (Lipinski definition) is 6. The Labute approximate surface area is 189 Å². The van der Waals surface area contributed by atoms with Crippen LogP contribution in [0.2, 0.25) is 0 Å². The van der Waals surface area contributed by atoms with Crippen LogP contribution in [-0.4, -0.2) is 73.3 Å². The third-order valence-corrected chi connectivity index (χ3v) is 6.71. The molecule has 0 aliphatic carbocycles. The van der Waals surface area contributed by atoms with Crippen LogP contribution in [0.4, 0.5) is 5.69 Å². The van der Waals surface area contributed by atoms with E-state index in [2.05, 4.69) is 21.9 Å². The van der Waals surface area contributed by atoms with Crippen molar-refractivity contribution >= 4 is 11.6 Å². The molecule has 3 aliphatic heterocycles. The van der Waals surface area contributed by atoms with E-state index in [1.165, 1.54) is 5.56 Å². The Balaban J connectivity index is 1.19. The number of piperazine rings is 1. The van der Waals surface area contributed by atoms with Crippen LogP contribution in [0.15, 0.2) is 42.5 Å². The third-order valence-electron chi connectivity index (χ3n) is 6.71. The summed E-state index contributed by atoms with van der Waals surface area (Å²) in [4.78, 5) is 19.6. The van der Waals surface area contributed by atoms with E-state index in [1.54, 1.807) is 12.1 Å². The Morgan fingerprint density at radius 1 is 0.906 bits per heavy atom. The molecular formula is C25H31N3O4. The van der Waals surface area contributed by atoms with Gasteiger partial charge in [0.05, 0.1) is 19.8 Å². The molecule has 0 radical (unpaired) electrons. The number of likely N-dealkylation sites (tertiary alicyclic amines) is 1. The minimum atomic E-state index is 0.205. The van der Waals surface area contributed by atoms with Crippen molar-refractivity contribution in [3.63, 3.8) is 0 Å². The van der Waals surface area contributed by atoms with Crippen LogP contribution in [0.25, 0.3) is 0 Å². The Kier molecular flexibility index (Phi) is 6.08. The Morgan fingerprint density at radius 2 is 1.66 bits per heavy atom. The fourth-order valence-corrected chi connectivity index (χ4v) is 4.93. The number of ether oxygens (including phenoxy) is 2. The predicted octanol–water partition coefficient (Wildman–Crippen LogP) is 3.04. The van der Waals surface area contributed by atoms with Crippen molar-refractivity contribution < 1.29 is 19.4 Å². The predicted molar refractivity (Wildman–Crippen MR) is 122 cm³/mol. The van der Waals surface area contributed by atoms with Gasteiger partial charge in [-0.25, -0.2) is 0 Å². The fourth-order valence-electron chi connectivity index (χ4n) is 4.93. The van der Waals surface area contributed by atoms with Crippen molar-refractivity contribution in [1.82, 2.24) is 9.80 Å². The number of hydrogen-bond donors (Lipinski definition) is 1. The van der Waals surface area contributed by atoms with E-state index in [9.17, 15) is 9.90 Å². The number of fused-ring (bicyclic) bond motifs is 1. The summed E-state index contributed by atoms with van der Waals surface area (Å²) >= 11 is 0. The van der Waals surface area contributed by atoms with Crippen LogP contribution in [0.1, 0.15) is 30.9 Å². The smallest absolute Gasteiger partial charge is 0.236 e. The van der Waals surface area contributed by atoms with Crippen molar-refractivity contribution in [2.45, 2.75) is 25.3 Å². The van der Waals surface area contributed by atoms with Crippen LogP contribution in [0, 0.1) is 0 Å². The number of anilines is 1. The van der Waals surface area contributed by atoms with E-state index in [0.717, 1.165) is 69.2 Å². The number of rotatable bonds is 4. The van der Waals surface area contributed by atoms with Gasteiger partial charge < -0.3 is 24.4 Å². The molecule has 5 rings (SSSR count). The average Bonchev–Trinajstić information content (AvgIpc) is 3.15. The number of phenols is 1. The van der Waals surface area contributed by atoms with Crippen molar-refractivity contribution in [2.24, 2.45) is 0 Å². The lowest BCUT2D eigenvalue weighted by molar-refractivity contribution is -0.133. The molecule has 2 fully saturated rings. The fraction of sp³-hybridized carbons (Fsp3) is 0.480. The van der Waals surface area contributed by atoms with Crippen LogP contribution < -0.4 is 14.4 Å². The molecule has 0 spiro atoms. The minimum Gasteiger partial charge on any atom is -0.508 e. The number of amides is 1. The van der Waals surface area contributed by atoms with Gasteiger partial charge in [0, 0.05) is 44.3 Å². The molecule has 170 valence electrons. The minimum absolute atomic E-state index is 0.205.